The van der Waals surface area contributed by atoms with Crippen LogP contribution in [0, 0.1) is 17.8 Å². The zero-order valence-corrected chi connectivity index (χ0v) is 22.1. The molecule has 0 radical (unpaired) electrons. The van der Waals surface area contributed by atoms with Crippen molar-refractivity contribution >= 4 is 29.1 Å². The molecule has 0 aliphatic carbocycles. The molecule has 3 heterocycles. The van der Waals surface area contributed by atoms with Gasteiger partial charge in [0.05, 0.1) is 37.2 Å². The molecule has 3 N–H and O–H groups in total. The number of aliphatic hydroxyl groups excluding tert-OH is 1. The van der Waals surface area contributed by atoms with E-state index in [1.807, 2.05) is 39.0 Å². The highest BCUT2D eigenvalue weighted by molar-refractivity contribution is 6.05. The fourth-order valence-electron chi connectivity index (χ4n) is 6.81. The molecule has 5 rings (SSSR count). The summed E-state index contributed by atoms with van der Waals surface area (Å²) in [7, 11) is 1.56. The van der Waals surface area contributed by atoms with Crippen molar-refractivity contribution in [3.8, 4) is 5.75 Å². The molecule has 1 spiro atoms. The van der Waals surface area contributed by atoms with Crippen molar-refractivity contribution in [2.45, 2.75) is 56.9 Å². The van der Waals surface area contributed by atoms with Crippen LogP contribution in [-0.4, -0.2) is 64.7 Å². The van der Waals surface area contributed by atoms with Gasteiger partial charge in [-0.2, -0.15) is 0 Å². The SMILES string of the molecule is CC[C@@H](CO)N1C(=O)[C@@H]2[C@H](C(=O)Nc3ccccc3)[C@@]3(C)OC2(CC3C)C1C(=O)Nc1ccc(OC)cc1. The summed E-state index contributed by atoms with van der Waals surface area (Å²) >= 11 is 0. The van der Waals surface area contributed by atoms with Gasteiger partial charge in [-0.05, 0) is 62.1 Å². The predicted octanol–water partition coefficient (Wildman–Crippen LogP) is 3.05. The van der Waals surface area contributed by atoms with E-state index in [-0.39, 0.29) is 24.3 Å². The van der Waals surface area contributed by atoms with Crippen LogP contribution in [0.2, 0.25) is 0 Å². The lowest BCUT2D eigenvalue weighted by molar-refractivity contribution is -0.148. The average Bonchev–Trinajstić information content (AvgIpc) is 3.43. The van der Waals surface area contributed by atoms with Crippen molar-refractivity contribution in [3.05, 3.63) is 54.6 Å². The van der Waals surface area contributed by atoms with Crippen LogP contribution in [0.3, 0.4) is 0 Å². The van der Waals surface area contributed by atoms with E-state index < -0.39 is 41.0 Å². The number of anilines is 2. The topological polar surface area (TPSA) is 117 Å². The molecule has 202 valence electrons. The van der Waals surface area contributed by atoms with Crippen LogP contribution in [0.25, 0.3) is 0 Å². The van der Waals surface area contributed by atoms with E-state index in [1.165, 1.54) is 4.90 Å². The minimum atomic E-state index is -1.19. The second kappa shape index (κ2) is 9.71. The van der Waals surface area contributed by atoms with Gasteiger partial charge in [-0.25, -0.2) is 0 Å². The number of nitrogens with one attached hydrogen (secondary N) is 2. The largest absolute Gasteiger partial charge is 0.497 e. The number of methoxy groups -OCH3 is 1. The van der Waals surface area contributed by atoms with Gasteiger partial charge in [0.1, 0.15) is 17.4 Å². The van der Waals surface area contributed by atoms with Crippen LogP contribution >= 0.6 is 0 Å². The lowest BCUT2D eigenvalue weighted by atomic mass is 9.62. The van der Waals surface area contributed by atoms with Crippen molar-refractivity contribution in [1.29, 1.82) is 0 Å². The van der Waals surface area contributed by atoms with Crippen molar-refractivity contribution in [2.75, 3.05) is 24.4 Å². The molecule has 38 heavy (non-hydrogen) atoms. The molecule has 3 saturated heterocycles. The molecule has 2 bridgehead atoms. The number of aliphatic hydroxyl groups is 1. The van der Waals surface area contributed by atoms with Gasteiger partial charge in [-0.15, -0.1) is 0 Å². The maximum atomic E-state index is 14.2. The summed E-state index contributed by atoms with van der Waals surface area (Å²) < 4.78 is 11.9. The molecule has 3 amide bonds. The summed E-state index contributed by atoms with van der Waals surface area (Å²) in [5.74, 6) is -2.11. The Balaban J connectivity index is 1.54. The predicted molar refractivity (Wildman–Crippen MR) is 141 cm³/mol. The molecular formula is C29H35N3O6. The van der Waals surface area contributed by atoms with Crippen LogP contribution in [0.1, 0.15) is 33.6 Å². The second-order valence-electron chi connectivity index (χ2n) is 10.8. The molecule has 9 nitrogen and oxygen atoms in total. The number of para-hydroxylation sites is 1. The third kappa shape index (κ3) is 3.87. The van der Waals surface area contributed by atoms with Crippen LogP contribution in [0.15, 0.2) is 54.6 Å². The molecule has 3 aliphatic heterocycles. The van der Waals surface area contributed by atoms with Gasteiger partial charge in [0.15, 0.2) is 0 Å². The van der Waals surface area contributed by atoms with E-state index in [1.54, 1.807) is 43.5 Å². The molecule has 7 atom stereocenters. The van der Waals surface area contributed by atoms with Gasteiger partial charge < -0.3 is 30.1 Å². The average molecular weight is 522 g/mol. The van der Waals surface area contributed by atoms with Crippen molar-refractivity contribution < 1.29 is 29.0 Å². The Hall–Kier alpha value is -3.43. The minimum absolute atomic E-state index is 0.0801. The monoisotopic (exact) mass is 521 g/mol. The Morgan fingerprint density at radius 3 is 2.34 bits per heavy atom. The van der Waals surface area contributed by atoms with Crippen LogP contribution in [0.5, 0.6) is 5.75 Å². The van der Waals surface area contributed by atoms with Crippen LogP contribution in [0.4, 0.5) is 11.4 Å². The van der Waals surface area contributed by atoms with Gasteiger partial charge in [0.25, 0.3) is 0 Å². The van der Waals surface area contributed by atoms with Crippen LogP contribution in [-0.2, 0) is 19.1 Å². The highest BCUT2D eigenvalue weighted by Gasteiger charge is 2.80. The molecule has 0 aromatic heterocycles. The van der Waals surface area contributed by atoms with Gasteiger partial charge >= 0.3 is 0 Å². The Morgan fingerprint density at radius 2 is 1.74 bits per heavy atom. The minimum Gasteiger partial charge on any atom is -0.497 e. The normalized spacial score (nSPS) is 32.1. The Bertz CT molecular complexity index is 1220. The number of likely N-dealkylation sites (tertiary alicyclic amines) is 1. The second-order valence-corrected chi connectivity index (χ2v) is 10.8. The van der Waals surface area contributed by atoms with Gasteiger partial charge in [0, 0.05) is 11.4 Å². The number of amides is 3. The van der Waals surface area contributed by atoms with E-state index in [0.717, 1.165) is 0 Å². The molecule has 2 aromatic carbocycles. The first-order valence-corrected chi connectivity index (χ1v) is 13.1. The first-order valence-electron chi connectivity index (χ1n) is 13.1. The van der Waals surface area contributed by atoms with Gasteiger partial charge in [0.2, 0.25) is 17.7 Å². The first kappa shape index (κ1) is 26.2. The summed E-state index contributed by atoms with van der Waals surface area (Å²) in [6.45, 7) is 5.44. The number of hydrogen-bond acceptors (Lipinski definition) is 6. The zero-order valence-electron chi connectivity index (χ0n) is 22.1. The Kier molecular flexibility index (Phi) is 6.69. The third-order valence-corrected chi connectivity index (χ3v) is 8.76. The number of carbonyl (C=O) groups is 3. The van der Waals surface area contributed by atoms with E-state index in [9.17, 15) is 19.5 Å². The summed E-state index contributed by atoms with van der Waals surface area (Å²) in [6.07, 6.45) is 0.902. The van der Waals surface area contributed by atoms with Crippen molar-refractivity contribution in [2.24, 2.45) is 17.8 Å². The molecule has 3 unspecified atom stereocenters. The maximum Gasteiger partial charge on any atom is 0.250 e. The highest BCUT2D eigenvalue weighted by Crippen LogP contribution is 2.65. The molecule has 3 fully saturated rings. The fraction of sp³-hybridized carbons (Fsp3) is 0.483. The number of hydrogen-bond donors (Lipinski definition) is 3. The standard InChI is InChI=1S/C29H35N3O6/c1-5-20(16-33)32-24(26(35)31-19-11-13-21(37-4)14-12-19)29-15-17(2)28(3,38-29)22(23(29)27(32)36)25(34)30-18-9-7-6-8-10-18/h6-14,17,20,22-24,33H,5,15-16H2,1-4H3,(H,30,34)(H,31,35)/t17?,20-,22+,23-,24?,28-,29?/m0/s1. The number of benzene rings is 2. The molecule has 2 aromatic rings. The third-order valence-electron chi connectivity index (χ3n) is 8.76. The number of ether oxygens (including phenoxy) is 2. The van der Waals surface area contributed by atoms with E-state index in [2.05, 4.69) is 10.6 Å². The number of nitrogens with zero attached hydrogens (tertiary/aromatic N) is 1. The van der Waals surface area contributed by atoms with E-state index >= 15 is 0 Å². The number of carbonyl (C=O) groups excluding carboxylic acids is 3. The van der Waals surface area contributed by atoms with Gasteiger partial charge in [-0.1, -0.05) is 32.0 Å². The quantitative estimate of drug-likeness (QED) is 0.492. The number of fused-ring (bicyclic) bond motifs is 1. The van der Waals surface area contributed by atoms with Gasteiger partial charge in [-0.3, -0.25) is 14.4 Å². The zero-order chi connectivity index (χ0) is 27.2. The molecule has 0 saturated carbocycles. The number of rotatable bonds is 8. The van der Waals surface area contributed by atoms with Crippen molar-refractivity contribution in [3.63, 3.8) is 0 Å². The van der Waals surface area contributed by atoms with Crippen LogP contribution < -0.4 is 15.4 Å². The highest BCUT2D eigenvalue weighted by atomic mass is 16.5. The lowest BCUT2D eigenvalue weighted by Crippen LogP contribution is -2.56. The Labute approximate surface area is 222 Å². The Morgan fingerprint density at radius 1 is 1.11 bits per heavy atom. The summed E-state index contributed by atoms with van der Waals surface area (Å²) in [5.41, 5.74) is -0.942. The first-order chi connectivity index (χ1) is 18.2. The van der Waals surface area contributed by atoms with Crippen molar-refractivity contribution in [1.82, 2.24) is 4.90 Å². The lowest BCUT2D eigenvalue weighted by Gasteiger charge is -2.36. The molecular weight excluding hydrogens is 486 g/mol. The van der Waals surface area contributed by atoms with E-state index in [0.29, 0.717) is 30.0 Å². The van der Waals surface area contributed by atoms with E-state index in [4.69, 9.17) is 9.47 Å². The molecule has 3 aliphatic rings. The summed E-state index contributed by atoms with van der Waals surface area (Å²) in [5, 5.41) is 16.1. The molecule has 9 heteroatoms. The summed E-state index contributed by atoms with van der Waals surface area (Å²) in [4.78, 5) is 43.4. The fourth-order valence-corrected chi connectivity index (χ4v) is 6.81. The smallest absolute Gasteiger partial charge is 0.250 e. The maximum absolute atomic E-state index is 14.2. The summed E-state index contributed by atoms with van der Waals surface area (Å²) in [6, 6.07) is 14.4.